The summed E-state index contributed by atoms with van der Waals surface area (Å²) < 4.78 is 5.28. The number of ether oxygens (including phenoxy) is 1. The van der Waals surface area contributed by atoms with Gasteiger partial charge in [-0.3, -0.25) is 14.6 Å². The average molecular weight is 394 g/mol. The zero-order valence-corrected chi connectivity index (χ0v) is 16.5. The Balaban J connectivity index is 1.41. The van der Waals surface area contributed by atoms with Gasteiger partial charge in [-0.05, 0) is 55.7 Å². The van der Waals surface area contributed by atoms with E-state index in [0.717, 1.165) is 18.8 Å². The van der Waals surface area contributed by atoms with E-state index in [1.165, 1.54) is 31.1 Å². The number of piperidine rings is 1. The van der Waals surface area contributed by atoms with Gasteiger partial charge in [0.25, 0.3) is 11.8 Å². The predicted octanol–water partition coefficient (Wildman–Crippen LogP) is 2.80. The Morgan fingerprint density at radius 1 is 0.931 bits per heavy atom. The van der Waals surface area contributed by atoms with Gasteiger partial charge in [-0.1, -0.05) is 0 Å². The number of nitrogens with one attached hydrogen (secondary N) is 1. The van der Waals surface area contributed by atoms with Crippen LogP contribution in [0.5, 0.6) is 0 Å². The first-order chi connectivity index (χ1) is 14.2. The van der Waals surface area contributed by atoms with Crippen LogP contribution in [0.4, 0.5) is 11.4 Å². The summed E-state index contributed by atoms with van der Waals surface area (Å²) in [7, 11) is 0. The molecule has 4 rings (SSSR count). The maximum atomic E-state index is 12.7. The highest BCUT2D eigenvalue weighted by Gasteiger charge is 2.20. The number of hydrogen-bond donors (Lipinski definition) is 1. The molecule has 2 fully saturated rings. The Morgan fingerprint density at radius 3 is 2.38 bits per heavy atom. The van der Waals surface area contributed by atoms with E-state index in [1.807, 2.05) is 24.3 Å². The lowest BCUT2D eigenvalue weighted by Gasteiger charge is -2.28. The van der Waals surface area contributed by atoms with Gasteiger partial charge in [-0.2, -0.15) is 0 Å². The summed E-state index contributed by atoms with van der Waals surface area (Å²) in [5.74, 6) is -0.428. The third-order valence-electron chi connectivity index (χ3n) is 5.39. The molecule has 2 aliphatic heterocycles. The summed E-state index contributed by atoms with van der Waals surface area (Å²) >= 11 is 0. The van der Waals surface area contributed by atoms with Gasteiger partial charge < -0.3 is 19.9 Å². The lowest BCUT2D eigenvalue weighted by atomic mass is 10.1. The van der Waals surface area contributed by atoms with Crippen LogP contribution in [0.1, 0.15) is 40.1 Å². The Bertz CT molecular complexity index is 857. The van der Waals surface area contributed by atoms with Crippen LogP contribution in [0.15, 0.2) is 42.6 Å². The Kier molecular flexibility index (Phi) is 6.05. The fraction of sp³-hybridized carbons (Fsp3) is 0.409. The van der Waals surface area contributed by atoms with E-state index < -0.39 is 0 Å². The molecule has 2 saturated heterocycles. The number of anilines is 2. The predicted molar refractivity (Wildman–Crippen MR) is 111 cm³/mol. The molecule has 2 aromatic rings. The van der Waals surface area contributed by atoms with E-state index in [-0.39, 0.29) is 17.5 Å². The van der Waals surface area contributed by atoms with Crippen LogP contribution < -0.4 is 10.2 Å². The molecule has 0 bridgehead atoms. The van der Waals surface area contributed by atoms with Crippen LogP contribution in [0, 0.1) is 0 Å². The minimum Gasteiger partial charge on any atom is -0.378 e. The highest BCUT2D eigenvalue weighted by Crippen LogP contribution is 2.22. The van der Waals surface area contributed by atoms with E-state index in [0.29, 0.717) is 31.9 Å². The fourth-order valence-electron chi connectivity index (χ4n) is 3.73. The summed E-state index contributed by atoms with van der Waals surface area (Å²) in [4.78, 5) is 33.5. The van der Waals surface area contributed by atoms with Gasteiger partial charge in [-0.15, -0.1) is 0 Å². The standard InChI is InChI=1S/C22H26N4O3/c27-21(24-18-4-6-19(7-5-18)25-10-2-1-3-11-25)17-8-9-23-20(16-17)22(28)26-12-14-29-15-13-26/h4-9,16H,1-3,10-15H2,(H,24,27). The topological polar surface area (TPSA) is 74.8 Å². The first-order valence-corrected chi connectivity index (χ1v) is 10.2. The van der Waals surface area contributed by atoms with Crippen molar-refractivity contribution in [2.45, 2.75) is 19.3 Å². The van der Waals surface area contributed by atoms with Gasteiger partial charge >= 0.3 is 0 Å². The van der Waals surface area contributed by atoms with Crippen molar-refractivity contribution in [3.8, 4) is 0 Å². The van der Waals surface area contributed by atoms with Gasteiger partial charge in [-0.25, -0.2) is 0 Å². The lowest BCUT2D eigenvalue weighted by Crippen LogP contribution is -2.41. The maximum absolute atomic E-state index is 12.7. The molecule has 0 atom stereocenters. The van der Waals surface area contributed by atoms with Crippen molar-refractivity contribution >= 4 is 23.2 Å². The molecule has 0 radical (unpaired) electrons. The van der Waals surface area contributed by atoms with Crippen LogP contribution in [-0.2, 0) is 4.74 Å². The van der Waals surface area contributed by atoms with Crippen molar-refractivity contribution in [2.75, 3.05) is 49.6 Å². The maximum Gasteiger partial charge on any atom is 0.272 e. The molecule has 2 aliphatic rings. The second-order valence-corrected chi connectivity index (χ2v) is 7.38. The second kappa shape index (κ2) is 9.05. The number of carbonyl (C=O) groups excluding carboxylic acids is 2. The molecule has 1 aromatic carbocycles. The van der Waals surface area contributed by atoms with Crippen molar-refractivity contribution in [3.63, 3.8) is 0 Å². The number of benzene rings is 1. The average Bonchev–Trinajstić information content (AvgIpc) is 2.80. The largest absolute Gasteiger partial charge is 0.378 e. The van der Waals surface area contributed by atoms with Crippen molar-refractivity contribution < 1.29 is 14.3 Å². The number of rotatable bonds is 4. The molecular weight excluding hydrogens is 368 g/mol. The fourth-order valence-corrected chi connectivity index (χ4v) is 3.73. The van der Waals surface area contributed by atoms with Crippen LogP contribution >= 0.6 is 0 Å². The molecule has 29 heavy (non-hydrogen) atoms. The molecule has 0 unspecified atom stereocenters. The van der Waals surface area contributed by atoms with Crippen LogP contribution in [0.3, 0.4) is 0 Å². The molecule has 1 N–H and O–H groups in total. The SMILES string of the molecule is O=C(Nc1ccc(N2CCCCC2)cc1)c1ccnc(C(=O)N2CCOCC2)c1. The Morgan fingerprint density at radius 2 is 1.66 bits per heavy atom. The minimum atomic E-state index is -0.255. The number of hydrogen-bond acceptors (Lipinski definition) is 5. The molecule has 0 saturated carbocycles. The van der Waals surface area contributed by atoms with Gasteiger partial charge in [0, 0.05) is 49.3 Å². The number of nitrogens with zero attached hydrogens (tertiary/aromatic N) is 3. The number of pyridine rings is 1. The highest BCUT2D eigenvalue weighted by molar-refractivity contribution is 6.05. The quantitative estimate of drug-likeness (QED) is 0.863. The summed E-state index contributed by atoms with van der Waals surface area (Å²) in [5.41, 5.74) is 2.61. The highest BCUT2D eigenvalue weighted by atomic mass is 16.5. The zero-order chi connectivity index (χ0) is 20.1. The molecule has 1 aromatic heterocycles. The van der Waals surface area contributed by atoms with E-state index in [2.05, 4.69) is 15.2 Å². The normalized spacial score (nSPS) is 17.1. The molecular formula is C22H26N4O3. The second-order valence-electron chi connectivity index (χ2n) is 7.38. The molecule has 7 heteroatoms. The first kappa shape index (κ1) is 19.4. The molecule has 3 heterocycles. The van der Waals surface area contributed by atoms with Crippen molar-refractivity contribution in [2.24, 2.45) is 0 Å². The van der Waals surface area contributed by atoms with Crippen LogP contribution in [-0.4, -0.2) is 61.1 Å². The van der Waals surface area contributed by atoms with E-state index >= 15 is 0 Å². The Labute approximate surface area is 170 Å². The third kappa shape index (κ3) is 4.74. The van der Waals surface area contributed by atoms with Gasteiger partial charge in [0.1, 0.15) is 5.69 Å². The van der Waals surface area contributed by atoms with Gasteiger partial charge in [0.2, 0.25) is 0 Å². The van der Waals surface area contributed by atoms with Crippen molar-refractivity contribution in [3.05, 3.63) is 53.9 Å². The summed E-state index contributed by atoms with van der Waals surface area (Å²) in [6, 6.07) is 11.1. The van der Waals surface area contributed by atoms with Gasteiger partial charge in [0.15, 0.2) is 0 Å². The summed E-state index contributed by atoms with van der Waals surface area (Å²) in [5, 5.41) is 2.90. The van der Waals surface area contributed by atoms with E-state index in [9.17, 15) is 9.59 Å². The molecule has 152 valence electrons. The van der Waals surface area contributed by atoms with Gasteiger partial charge in [0.05, 0.1) is 13.2 Å². The Hall–Kier alpha value is -2.93. The molecule has 2 amide bonds. The summed E-state index contributed by atoms with van der Waals surface area (Å²) in [6.45, 7) is 4.31. The third-order valence-corrected chi connectivity index (χ3v) is 5.39. The zero-order valence-electron chi connectivity index (χ0n) is 16.5. The molecule has 0 aliphatic carbocycles. The molecule has 7 nitrogen and oxygen atoms in total. The van der Waals surface area contributed by atoms with E-state index in [4.69, 9.17) is 4.74 Å². The lowest BCUT2D eigenvalue weighted by molar-refractivity contribution is 0.0299. The first-order valence-electron chi connectivity index (χ1n) is 10.2. The van der Waals surface area contributed by atoms with Crippen molar-refractivity contribution in [1.82, 2.24) is 9.88 Å². The number of carbonyl (C=O) groups is 2. The minimum absolute atomic E-state index is 0.172. The van der Waals surface area contributed by atoms with Crippen molar-refractivity contribution in [1.29, 1.82) is 0 Å². The van der Waals surface area contributed by atoms with Crippen LogP contribution in [0.25, 0.3) is 0 Å². The number of aromatic nitrogens is 1. The van der Waals surface area contributed by atoms with E-state index in [1.54, 1.807) is 17.0 Å². The summed E-state index contributed by atoms with van der Waals surface area (Å²) in [6.07, 6.45) is 5.26. The number of morpholine rings is 1. The monoisotopic (exact) mass is 394 g/mol. The number of amides is 2. The smallest absolute Gasteiger partial charge is 0.272 e. The van der Waals surface area contributed by atoms with Crippen LogP contribution in [0.2, 0.25) is 0 Å². The molecule has 0 spiro atoms.